The highest BCUT2D eigenvalue weighted by Crippen LogP contribution is 2.32. The minimum absolute atomic E-state index is 0.00876. The van der Waals surface area contributed by atoms with E-state index >= 15 is 0 Å². The molecule has 0 aromatic heterocycles. The Morgan fingerprint density at radius 3 is 1.94 bits per heavy atom. The molecule has 0 bridgehead atoms. The highest BCUT2D eigenvalue weighted by atomic mass is 16.7. The maximum Gasteiger partial charge on any atom is 0.303 e. The third kappa shape index (κ3) is 14.3. The lowest BCUT2D eigenvalue weighted by molar-refractivity contribution is -0.254. The number of benzene rings is 2. The van der Waals surface area contributed by atoms with Crippen LogP contribution in [-0.2, 0) is 73.1 Å². The first-order valence-corrected chi connectivity index (χ1v) is 17.3. The van der Waals surface area contributed by atoms with Crippen LogP contribution in [0.15, 0.2) is 42.5 Å². The molecule has 296 valence electrons. The number of phenols is 1. The predicted octanol–water partition coefficient (Wildman–Crippen LogP) is 3.74. The number of carbonyl (C=O) groups is 6. The van der Waals surface area contributed by atoms with E-state index in [0.717, 1.165) is 11.1 Å². The van der Waals surface area contributed by atoms with Crippen LogP contribution in [0.2, 0.25) is 0 Å². The average Bonchev–Trinajstić information content (AvgIpc) is 3.08. The van der Waals surface area contributed by atoms with Gasteiger partial charge < -0.3 is 47.7 Å². The van der Waals surface area contributed by atoms with Gasteiger partial charge in [-0.05, 0) is 53.8 Å². The van der Waals surface area contributed by atoms with Gasteiger partial charge in [-0.2, -0.15) is 0 Å². The number of aromatic hydroxyl groups is 1. The van der Waals surface area contributed by atoms with E-state index in [1.54, 1.807) is 36.4 Å². The molecule has 0 saturated carbocycles. The van der Waals surface area contributed by atoms with Crippen LogP contribution in [0.3, 0.4) is 0 Å². The van der Waals surface area contributed by atoms with Gasteiger partial charge in [0.2, 0.25) is 12.4 Å². The van der Waals surface area contributed by atoms with Crippen LogP contribution in [0.1, 0.15) is 66.4 Å². The monoisotopic (exact) mass is 760 g/mol. The van der Waals surface area contributed by atoms with Gasteiger partial charge in [0.25, 0.3) is 0 Å². The summed E-state index contributed by atoms with van der Waals surface area (Å²) < 4.78 is 49.6. The fourth-order valence-electron chi connectivity index (χ4n) is 5.80. The van der Waals surface area contributed by atoms with Gasteiger partial charge in [-0.15, -0.1) is 0 Å². The molecule has 0 radical (unpaired) electrons. The quantitative estimate of drug-likeness (QED) is 0.170. The lowest BCUT2D eigenvalue weighted by Gasteiger charge is -2.39. The first kappa shape index (κ1) is 43.2. The molecule has 16 nitrogen and oxygen atoms in total. The SMILES string of the molecule is CO[C@H](COC(C)=O)C[C@H](OC(C)=O)[C@@H](CCc1cc(-c2ccc(O[C@H]3O[C@H](COC(C)=O)C[C@H](OC(C)=O)[C@@H]3OC(C)=O)cc2)ccc1O)OC(C)=O. The van der Waals surface area contributed by atoms with Crippen molar-refractivity contribution in [3.63, 3.8) is 0 Å². The van der Waals surface area contributed by atoms with Gasteiger partial charge in [0.05, 0.1) is 12.2 Å². The number of aryl methyl sites for hydroxylation is 1. The van der Waals surface area contributed by atoms with Crippen LogP contribution < -0.4 is 4.74 Å². The van der Waals surface area contributed by atoms with Crippen molar-refractivity contribution in [3.05, 3.63) is 48.0 Å². The number of hydrogen-bond acceptors (Lipinski definition) is 16. The molecule has 1 heterocycles. The maximum atomic E-state index is 12.1. The van der Waals surface area contributed by atoms with E-state index in [9.17, 15) is 33.9 Å². The number of methoxy groups -OCH3 is 1. The van der Waals surface area contributed by atoms with Crippen LogP contribution in [-0.4, -0.2) is 104 Å². The highest BCUT2D eigenvalue weighted by molar-refractivity contribution is 5.69. The Balaban J connectivity index is 1.81. The second kappa shape index (κ2) is 20.9. The Morgan fingerprint density at radius 1 is 0.759 bits per heavy atom. The summed E-state index contributed by atoms with van der Waals surface area (Å²) in [7, 11) is 1.41. The molecule has 1 aliphatic rings. The lowest BCUT2D eigenvalue weighted by atomic mass is 9.96. The molecule has 1 saturated heterocycles. The van der Waals surface area contributed by atoms with E-state index in [-0.39, 0.29) is 44.6 Å². The minimum Gasteiger partial charge on any atom is -0.508 e. The van der Waals surface area contributed by atoms with Crippen molar-refractivity contribution in [2.75, 3.05) is 20.3 Å². The second-order valence-electron chi connectivity index (χ2n) is 12.6. The molecule has 1 N–H and O–H groups in total. The molecule has 16 heteroatoms. The Morgan fingerprint density at radius 2 is 1.37 bits per heavy atom. The summed E-state index contributed by atoms with van der Waals surface area (Å²) in [5, 5.41) is 10.8. The summed E-state index contributed by atoms with van der Waals surface area (Å²) in [6.45, 7) is 7.13. The Labute approximate surface area is 313 Å². The highest BCUT2D eigenvalue weighted by Gasteiger charge is 2.45. The van der Waals surface area contributed by atoms with Crippen LogP contribution >= 0.6 is 0 Å². The van der Waals surface area contributed by atoms with Gasteiger partial charge in [-0.25, -0.2) is 0 Å². The van der Waals surface area contributed by atoms with Crippen LogP contribution in [0.5, 0.6) is 11.5 Å². The molecule has 0 spiro atoms. The van der Waals surface area contributed by atoms with Gasteiger partial charge in [0.1, 0.15) is 43.0 Å². The van der Waals surface area contributed by atoms with E-state index < -0.39 is 78.7 Å². The van der Waals surface area contributed by atoms with Crippen molar-refractivity contribution in [2.24, 2.45) is 0 Å². The Bertz CT molecular complexity index is 1600. The number of rotatable bonds is 18. The summed E-state index contributed by atoms with van der Waals surface area (Å²) in [6.07, 6.45) is -6.01. The summed E-state index contributed by atoms with van der Waals surface area (Å²) >= 11 is 0. The van der Waals surface area contributed by atoms with Crippen LogP contribution in [0, 0.1) is 0 Å². The molecule has 0 amide bonds. The summed E-state index contributed by atoms with van der Waals surface area (Å²) in [6, 6.07) is 11.8. The zero-order valence-corrected chi connectivity index (χ0v) is 31.4. The molecule has 3 rings (SSSR count). The molecule has 1 aliphatic heterocycles. The summed E-state index contributed by atoms with van der Waals surface area (Å²) in [5.41, 5.74) is 1.97. The average molecular weight is 761 g/mol. The zero-order chi connectivity index (χ0) is 39.9. The van der Waals surface area contributed by atoms with E-state index in [1.165, 1.54) is 54.7 Å². The summed E-state index contributed by atoms with van der Waals surface area (Å²) in [5.74, 6) is -3.20. The van der Waals surface area contributed by atoms with Crippen molar-refractivity contribution in [1.29, 1.82) is 0 Å². The van der Waals surface area contributed by atoms with Gasteiger partial charge in [0.15, 0.2) is 0 Å². The second-order valence-corrected chi connectivity index (χ2v) is 12.6. The van der Waals surface area contributed by atoms with Crippen molar-refractivity contribution in [2.45, 2.75) is 110 Å². The van der Waals surface area contributed by atoms with Gasteiger partial charge >= 0.3 is 35.8 Å². The van der Waals surface area contributed by atoms with Gasteiger partial charge in [-0.1, -0.05) is 18.2 Å². The maximum absolute atomic E-state index is 12.1. The van der Waals surface area contributed by atoms with Gasteiger partial charge in [-0.3, -0.25) is 28.8 Å². The normalized spacial score (nSPS) is 19.6. The van der Waals surface area contributed by atoms with Crippen LogP contribution in [0.25, 0.3) is 11.1 Å². The number of ether oxygens (including phenoxy) is 9. The molecule has 7 atom stereocenters. The Kier molecular flexibility index (Phi) is 16.7. The number of esters is 6. The molecule has 2 aromatic carbocycles. The third-order valence-electron chi connectivity index (χ3n) is 8.12. The third-order valence-corrected chi connectivity index (χ3v) is 8.12. The van der Waals surface area contributed by atoms with Crippen molar-refractivity contribution in [3.8, 4) is 22.6 Å². The minimum atomic E-state index is -1.22. The standard InChI is InChI=1S/C38H48O16/c1-21(39)47-19-31(46-7)17-35(50-24(4)42)34(49-23(3)41)15-11-29-16-28(10-14-33(29)45)27-8-12-30(13-9-27)53-38-37(52-26(6)44)36(51-25(5)43)18-32(54-38)20-48-22(2)40/h8-10,12-14,16,31-32,34-38,45H,11,15,17-20H2,1-7H3/t31-,32-,34+,35-,36-,37-,38-/m0/s1. The Hall–Kier alpha value is -5.22. The van der Waals surface area contributed by atoms with Crippen molar-refractivity contribution in [1.82, 2.24) is 0 Å². The topological polar surface area (TPSA) is 206 Å². The molecule has 0 aliphatic carbocycles. The van der Waals surface area contributed by atoms with E-state index in [0.29, 0.717) is 11.3 Å². The van der Waals surface area contributed by atoms with Crippen molar-refractivity contribution >= 4 is 35.8 Å². The molecule has 2 aromatic rings. The first-order valence-electron chi connectivity index (χ1n) is 17.3. The smallest absolute Gasteiger partial charge is 0.303 e. The van der Waals surface area contributed by atoms with Crippen molar-refractivity contribution < 1.29 is 76.5 Å². The molecule has 54 heavy (non-hydrogen) atoms. The molecular weight excluding hydrogens is 712 g/mol. The zero-order valence-electron chi connectivity index (χ0n) is 31.4. The largest absolute Gasteiger partial charge is 0.508 e. The predicted molar refractivity (Wildman–Crippen MR) is 187 cm³/mol. The van der Waals surface area contributed by atoms with E-state index in [1.807, 2.05) is 0 Å². The molecule has 0 unspecified atom stereocenters. The number of phenolic OH excluding ortho intramolecular Hbond substituents is 1. The fourth-order valence-corrected chi connectivity index (χ4v) is 5.80. The van der Waals surface area contributed by atoms with E-state index in [2.05, 4.69) is 0 Å². The van der Waals surface area contributed by atoms with E-state index in [4.69, 9.17) is 42.6 Å². The van der Waals surface area contributed by atoms with Gasteiger partial charge in [0, 0.05) is 61.5 Å². The summed E-state index contributed by atoms with van der Waals surface area (Å²) in [4.78, 5) is 70.7. The molecule has 1 fully saturated rings. The van der Waals surface area contributed by atoms with Crippen LogP contribution in [0.4, 0.5) is 0 Å². The fraction of sp³-hybridized carbons (Fsp3) is 0.526. The number of hydrogen-bond donors (Lipinski definition) is 1. The number of carbonyl (C=O) groups excluding carboxylic acids is 6. The first-order chi connectivity index (χ1) is 25.5. The molecular formula is C38H48O16. The lowest BCUT2D eigenvalue weighted by Crippen LogP contribution is -2.55.